The predicted molar refractivity (Wildman–Crippen MR) is 73.4 cm³/mol. The third-order valence-corrected chi connectivity index (χ3v) is 2.67. The topological polar surface area (TPSA) is 96.9 Å². The molecule has 0 saturated heterocycles. The van der Waals surface area contributed by atoms with Crippen LogP contribution in [0.25, 0.3) is 0 Å². The van der Waals surface area contributed by atoms with Gasteiger partial charge in [0.1, 0.15) is 17.5 Å². The molecule has 0 saturated carbocycles. The van der Waals surface area contributed by atoms with E-state index in [1.165, 1.54) is 14.2 Å². The molecular formula is C13H18N2O5. The first-order chi connectivity index (χ1) is 9.51. The van der Waals surface area contributed by atoms with Gasteiger partial charge >= 0.3 is 12.0 Å². The summed E-state index contributed by atoms with van der Waals surface area (Å²) in [5.41, 5.74) is 0.422. The highest BCUT2D eigenvalue weighted by Gasteiger charge is 2.18. The summed E-state index contributed by atoms with van der Waals surface area (Å²) in [5.74, 6) is -0.0722. The summed E-state index contributed by atoms with van der Waals surface area (Å²) in [6.45, 7) is 1.67. The van der Waals surface area contributed by atoms with Crippen molar-refractivity contribution in [3.05, 3.63) is 18.2 Å². The number of aliphatic carboxylic acids is 1. The molecule has 0 aliphatic carbocycles. The fourth-order valence-electron chi connectivity index (χ4n) is 1.56. The van der Waals surface area contributed by atoms with E-state index in [2.05, 4.69) is 10.6 Å². The van der Waals surface area contributed by atoms with Gasteiger partial charge in [-0.3, -0.25) is 0 Å². The molecule has 0 spiro atoms. The minimum Gasteiger partial charge on any atom is -0.497 e. The molecule has 1 aromatic carbocycles. The molecule has 0 aliphatic rings. The van der Waals surface area contributed by atoms with E-state index >= 15 is 0 Å². The zero-order chi connectivity index (χ0) is 15.1. The Morgan fingerprint density at radius 3 is 2.50 bits per heavy atom. The van der Waals surface area contributed by atoms with Gasteiger partial charge in [0.15, 0.2) is 0 Å². The van der Waals surface area contributed by atoms with Crippen LogP contribution in [0.4, 0.5) is 10.5 Å². The van der Waals surface area contributed by atoms with Gasteiger partial charge in [0.25, 0.3) is 0 Å². The lowest BCUT2D eigenvalue weighted by atomic mass is 10.2. The van der Waals surface area contributed by atoms with E-state index in [9.17, 15) is 9.59 Å². The van der Waals surface area contributed by atoms with Crippen molar-refractivity contribution >= 4 is 17.7 Å². The van der Waals surface area contributed by atoms with E-state index in [1.54, 1.807) is 25.1 Å². The molecule has 7 nitrogen and oxygen atoms in total. The van der Waals surface area contributed by atoms with Crippen LogP contribution in [0.2, 0.25) is 0 Å². The molecule has 1 atom stereocenters. The molecule has 110 valence electrons. The minimum atomic E-state index is -1.08. The Balaban J connectivity index is 2.77. The molecule has 2 amide bonds. The zero-order valence-corrected chi connectivity index (χ0v) is 11.6. The number of carboxylic acids is 1. The number of carboxylic acid groups (broad SMARTS) is 1. The molecule has 7 heteroatoms. The van der Waals surface area contributed by atoms with Gasteiger partial charge in [0.05, 0.1) is 19.9 Å². The van der Waals surface area contributed by atoms with Crippen LogP contribution in [-0.4, -0.2) is 37.4 Å². The highest BCUT2D eigenvalue weighted by Crippen LogP contribution is 2.28. The van der Waals surface area contributed by atoms with E-state index in [1.807, 2.05) is 0 Å². The van der Waals surface area contributed by atoms with E-state index < -0.39 is 18.0 Å². The van der Waals surface area contributed by atoms with E-state index in [4.69, 9.17) is 14.6 Å². The van der Waals surface area contributed by atoms with Gasteiger partial charge in [-0.1, -0.05) is 6.92 Å². The summed E-state index contributed by atoms with van der Waals surface area (Å²) in [5, 5.41) is 13.8. The smallest absolute Gasteiger partial charge is 0.326 e. The highest BCUT2D eigenvalue weighted by molar-refractivity contribution is 5.93. The summed E-state index contributed by atoms with van der Waals surface area (Å²) < 4.78 is 10.2. The maximum Gasteiger partial charge on any atom is 0.326 e. The number of urea groups is 1. The lowest BCUT2D eigenvalue weighted by Gasteiger charge is -2.15. The van der Waals surface area contributed by atoms with E-state index in [0.29, 0.717) is 23.6 Å². The molecule has 0 aliphatic heterocycles. The number of anilines is 1. The maximum atomic E-state index is 11.7. The third kappa shape index (κ3) is 4.04. The molecule has 1 unspecified atom stereocenters. The van der Waals surface area contributed by atoms with Crippen LogP contribution in [0.1, 0.15) is 13.3 Å². The number of carbonyl (C=O) groups excluding carboxylic acids is 1. The summed E-state index contributed by atoms with van der Waals surface area (Å²) in [4.78, 5) is 22.6. The third-order valence-electron chi connectivity index (χ3n) is 2.67. The average molecular weight is 282 g/mol. The molecule has 1 rings (SSSR count). The summed E-state index contributed by atoms with van der Waals surface area (Å²) in [7, 11) is 2.98. The Morgan fingerprint density at radius 1 is 1.30 bits per heavy atom. The standard InChI is InChI=1S/C13H18N2O5/c1-4-9(12(16)17)14-13(18)15-10-6-5-8(19-2)7-11(10)20-3/h5-7,9H,4H2,1-3H3,(H,16,17)(H2,14,15,18). The zero-order valence-electron chi connectivity index (χ0n) is 11.6. The quantitative estimate of drug-likeness (QED) is 0.737. The number of hydrogen-bond acceptors (Lipinski definition) is 4. The molecule has 1 aromatic rings. The Bertz CT molecular complexity index is 490. The Kier molecular flexibility index (Phi) is 5.64. The van der Waals surface area contributed by atoms with Crippen molar-refractivity contribution in [2.24, 2.45) is 0 Å². The van der Waals surface area contributed by atoms with Crippen LogP contribution in [0.5, 0.6) is 11.5 Å². The van der Waals surface area contributed by atoms with Crippen molar-refractivity contribution in [2.75, 3.05) is 19.5 Å². The number of ether oxygens (including phenoxy) is 2. The summed E-state index contributed by atoms with van der Waals surface area (Å²) >= 11 is 0. The second-order valence-corrected chi connectivity index (χ2v) is 3.96. The fraction of sp³-hybridized carbons (Fsp3) is 0.385. The number of methoxy groups -OCH3 is 2. The average Bonchev–Trinajstić information content (AvgIpc) is 2.44. The van der Waals surface area contributed by atoms with Gasteiger partial charge in [-0.2, -0.15) is 0 Å². The SMILES string of the molecule is CCC(NC(=O)Nc1ccc(OC)cc1OC)C(=O)O. The predicted octanol–water partition coefficient (Wildman–Crippen LogP) is 1.69. The van der Waals surface area contributed by atoms with Crippen molar-refractivity contribution in [3.63, 3.8) is 0 Å². The van der Waals surface area contributed by atoms with Crippen molar-refractivity contribution in [1.29, 1.82) is 0 Å². The lowest BCUT2D eigenvalue weighted by molar-refractivity contribution is -0.139. The van der Waals surface area contributed by atoms with E-state index in [-0.39, 0.29) is 0 Å². The number of carbonyl (C=O) groups is 2. The molecule has 0 heterocycles. The number of amides is 2. The monoisotopic (exact) mass is 282 g/mol. The van der Waals surface area contributed by atoms with Gasteiger partial charge in [-0.05, 0) is 18.6 Å². The summed E-state index contributed by atoms with van der Waals surface area (Å²) in [6.07, 6.45) is 0.294. The van der Waals surface area contributed by atoms with Crippen LogP contribution < -0.4 is 20.1 Å². The molecule has 0 radical (unpaired) electrons. The second kappa shape index (κ2) is 7.22. The van der Waals surface area contributed by atoms with Crippen LogP contribution in [0.15, 0.2) is 18.2 Å². The molecular weight excluding hydrogens is 264 g/mol. The molecule has 0 bridgehead atoms. The number of rotatable bonds is 6. The van der Waals surface area contributed by atoms with Crippen molar-refractivity contribution < 1.29 is 24.2 Å². The first kappa shape index (κ1) is 15.6. The van der Waals surface area contributed by atoms with Crippen molar-refractivity contribution in [1.82, 2.24) is 5.32 Å². The first-order valence-electron chi connectivity index (χ1n) is 6.04. The number of hydrogen-bond donors (Lipinski definition) is 3. The number of nitrogens with one attached hydrogen (secondary N) is 2. The lowest BCUT2D eigenvalue weighted by Crippen LogP contribution is -2.42. The Hall–Kier alpha value is -2.44. The molecule has 0 aromatic heterocycles. The Morgan fingerprint density at radius 2 is 2.00 bits per heavy atom. The van der Waals surface area contributed by atoms with Crippen LogP contribution >= 0.6 is 0 Å². The second-order valence-electron chi connectivity index (χ2n) is 3.96. The van der Waals surface area contributed by atoms with Crippen molar-refractivity contribution in [2.45, 2.75) is 19.4 Å². The van der Waals surface area contributed by atoms with Crippen LogP contribution in [0.3, 0.4) is 0 Å². The van der Waals surface area contributed by atoms with Crippen molar-refractivity contribution in [3.8, 4) is 11.5 Å². The van der Waals surface area contributed by atoms with Crippen LogP contribution in [0, 0.1) is 0 Å². The van der Waals surface area contributed by atoms with Gasteiger partial charge < -0.3 is 25.2 Å². The molecule has 20 heavy (non-hydrogen) atoms. The molecule has 3 N–H and O–H groups in total. The van der Waals surface area contributed by atoms with Gasteiger partial charge in [-0.15, -0.1) is 0 Å². The minimum absolute atomic E-state index is 0.294. The normalized spacial score (nSPS) is 11.3. The Labute approximate surface area is 116 Å². The van der Waals surface area contributed by atoms with Gasteiger partial charge in [-0.25, -0.2) is 9.59 Å². The fourth-order valence-corrected chi connectivity index (χ4v) is 1.56. The van der Waals surface area contributed by atoms with Crippen LogP contribution in [-0.2, 0) is 4.79 Å². The van der Waals surface area contributed by atoms with E-state index in [0.717, 1.165) is 0 Å². The first-order valence-corrected chi connectivity index (χ1v) is 6.04. The highest BCUT2D eigenvalue weighted by atomic mass is 16.5. The summed E-state index contributed by atoms with van der Waals surface area (Å²) in [6, 6.07) is 3.34. The molecule has 0 fully saturated rings. The van der Waals surface area contributed by atoms with Gasteiger partial charge in [0, 0.05) is 6.07 Å². The number of benzene rings is 1. The van der Waals surface area contributed by atoms with Gasteiger partial charge in [0.2, 0.25) is 0 Å². The largest absolute Gasteiger partial charge is 0.497 e. The maximum absolute atomic E-state index is 11.7.